The number of rotatable bonds is 4. The summed E-state index contributed by atoms with van der Waals surface area (Å²) in [6, 6.07) is 6.60. The zero-order valence-electron chi connectivity index (χ0n) is 13.9. The minimum atomic E-state index is -0.691. The van der Waals surface area contributed by atoms with E-state index in [1.165, 1.54) is 49.8 Å². The first-order valence-corrected chi connectivity index (χ1v) is 9.60. The van der Waals surface area contributed by atoms with E-state index >= 15 is 0 Å². The van der Waals surface area contributed by atoms with E-state index in [1.807, 2.05) is 0 Å². The van der Waals surface area contributed by atoms with Crippen molar-refractivity contribution in [3.63, 3.8) is 0 Å². The Morgan fingerprint density at radius 3 is 2.78 bits per heavy atom. The second-order valence-corrected chi connectivity index (χ2v) is 8.16. The highest BCUT2D eigenvalue weighted by atomic mass is 79.9. The van der Waals surface area contributed by atoms with Crippen LogP contribution in [0.15, 0.2) is 22.7 Å². The maximum atomic E-state index is 10.9. The van der Waals surface area contributed by atoms with E-state index in [0.717, 1.165) is 17.4 Å². The molecule has 0 bridgehead atoms. The van der Waals surface area contributed by atoms with Crippen LogP contribution >= 0.6 is 15.9 Å². The fourth-order valence-electron chi connectivity index (χ4n) is 4.64. The molecule has 23 heavy (non-hydrogen) atoms. The summed E-state index contributed by atoms with van der Waals surface area (Å²) in [5.41, 5.74) is 2.99. The standard InChI is InChI=1S/C19H26BrNO2/c1-14-13-19(9-3-2-4-10-19)21(11-5-6-18(22)23)17-8-7-15(20)12-16(14)17/h7-8,12,14H,2-6,9-11,13H2,1H3,(H,22,23). The van der Waals surface area contributed by atoms with Gasteiger partial charge in [-0.05, 0) is 55.4 Å². The van der Waals surface area contributed by atoms with E-state index in [9.17, 15) is 4.79 Å². The number of anilines is 1. The van der Waals surface area contributed by atoms with Crippen LogP contribution in [0.5, 0.6) is 0 Å². The van der Waals surface area contributed by atoms with Gasteiger partial charge in [0.1, 0.15) is 0 Å². The summed E-state index contributed by atoms with van der Waals surface area (Å²) in [5.74, 6) is -0.125. The van der Waals surface area contributed by atoms with Crippen molar-refractivity contribution < 1.29 is 9.90 Å². The van der Waals surface area contributed by atoms with Gasteiger partial charge in [0.15, 0.2) is 0 Å². The fraction of sp³-hybridized carbons (Fsp3) is 0.632. The summed E-state index contributed by atoms with van der Waals surface area (Å²) < 4.78 is 1.13. The van der Waals surface area contributed by atoms with Gasteiger partial charge in [0, 0.05) is 28.7 Å². The van der Waals surface area contributed by atoms with Gasteiger partial charge in [-0.3, -0.25) is 4.79 Å². The predicted molar refractivity (Wildman–Crippen MR) is 97.2 cm³/mol. The van der Waals surface area contributed by atoms with Crippen molar-refractivity contribution in [3.8, 4) is 0 Å². The van der Waals surface area contributed by atoms with Crippen molar-refractivity contribution in [1.29, 1.82) is 0 Å². The van der Waals surface area contributed by atoms with Gasteiger partial charge >= 0.3 is 5.97 Å². The van der Waals surface area contributed by atoms with Gasteiger partial charge in [0.05, 0.1) is 0 Å². The summed E-state index contributed by atoms with van der Waals surface area (Å²) in [4.78, 5) is 13.5. The number of carboxylic acid groups (broad SMARTS) is 1. The van der Waals surface area contributed by atoms with E-state index in [-0.39, 0.29) is 12.0 Å². The highest BCUT2D eigenvalue weighted by Gasteiger charge is 2.43. The summed E-state index contributed by atoms with van der Waals surface area (Å²) in [6.07, 6.45) is 8.62. The molecule has 1 aliphatic carbocycles. The number of carbonyl (C=O) groups is 1. The van der Waals surface area contributed by atoms with Crippen LogP contribution in [0.25, 0.3) is 0 Å². The first-order valence-electron chi connectivity index (χ1n) is 8.81. The number of fused-ring (bicyclic) bond motifs is 1. The van der Waals surface area contributed by atoms with Crippen molar-refractivity contribution in [1.82, 2.24) is 0 Å². The third kappa shape index (κ3) is 3.42. The van der Waals surface area contributed by atoms with Crippen molar-refractivity contribution in [2.24, 2.45) is 0 Å². The van der Waals surface area contributed by atoms with Crippen LogP contribution in [-0.4, -0.2) is 23.2 Å². The van der Waals surface area contributed by atoms with Crippen LogP contribution in [0.2, 0.25) is 0 Å². The van der Waals surface area contributed by atoms with E-state index in [4.69, 9.17) is 5.11 Å². The molecule has 1 saturated carbocycles. The SMILES string of the molecule is CC1CC2(CCCCC2)N(CCCC(=O)O)c2ccc(Br)cc21. The molecule has 3 nitrogen and oxygen atoms in total. The molecule has 2 aliphatic rings. The Bertz CT molecular complexity index is 581. The Morgan fingerprint density at radius 1 is 1.35 bits per heavy atom. The normalized spacial score (nSPS) is 22.9. The van der Waals surface area contributed by atoms with Crippen LogP contribution in [0.4, 0.5) is 5.69 Å². The van der Waals surface area contributed by atoms with E-state index < -0.39 is 5.97 Å². The van der Waals surface area contributed by atoms with Gasteiger partial charge in [-0.2, -0.15) is 0 Å². The third-order valence-corrected chi connectivity index (χ3v) is 6.12. The Hall–Kier alpha value is -1.03. The summed E-state index contributed by atoms with van der Waals surface area (Å²) in [7, 11) is 0. The summed E-state index contributed by atoms with van der Waals surface area (Å²) >= 11 is 3.60. The minimum Gasteiger partial charge on any atom is -0.481 e. The molecule has 1 spiro atoms. The zero-order valence-corrected chi connectivity index (χ0v) is 15.4. The molecule has 1 fully saturated rings. The first-order chi connectivity index (χ1) is 11.0. The van der Waals surface area contributed by atoms with Crippen LogP contribution in [0.1, 0.15) is 69.8 Å². The number of carboxylic acids is 1. The number of hydrogen-bond donors (Lipinski definition) is 1. The molecule has 1 aliphatic heterocycles. The molecule has 0 radical (unpaired) electrons. The number of hydrogen-bond acceptors (Lipinski definition) is 2. The maximum Gasteiger partial charge on any atom is 0.303 e. The van der Waals surface area contributed by atoms with Gasteiger partial charge in [-0.1, -0.05) is 42.1 Å². The molecule has 0 saturated heterocycles. The van der Waals surface area contributed by atoms with Gasteiger partial charge in [-0.25, -0.2) is 0 Å². The molecule has 1 unspecified atom stereocenters. The third-order valence-electron chi connectivity index (χ3n) is 5.63. The molecule has 0 amide bonds. The molecule has 126 valence electrons. The summed E-state index contributed by atoms with van der Waals surface area (Å²) in [5, 5.41) is 8.99. The zero-order chi connectivity index (χ0) is 16.4. The number of aliphatic carboxylic acids is 1. The quantitative estimate of drug-likeness (QED) is 0.768. The molecule has 1 aromatic carbocycles. The average Bonchev–Trinajstić information content (AvgIpc) is 2.51. The van der Waals surface area contributed by atoms with Crippen molar-refractivity contribution >= 4 is 27.6 Å². The lowest BCUT2D eigenvalue weighted by Gasteiger charge is -2.53. The Balaban J connectivity index is 1.93. The van der Waals surface area contributed by atoms with Gasteiger partial charge in [-0.15, -0.1) is 0 Å². The molecule has 4 heteroatoms. The Labute approximate surface area is 147 Å². The highest BCUT2D eigenvalue weighted by Crippen LogP contribution is 2.50. The lowest BCUT2D eigenvalue weighted by Crippen LogP contribution is -2.54. The topological polar surface area (TPSA) is 40.5 Å². The molecular weight excluding hydrogens is 354 g/mol. The smallest absolute Gasteiger partial charge is 0.303 e. The molecule has 1 heterocycles. The first kappa shape index (κ1) is 16.8. The minimum absolute atomic E-state index is 0.247. The molecule has 1 aromatic rings. The Kier molecular flexibility index (Phi) is 5.00. The predicted octanol–water partition coefficient (Wildman–Crippen LogP) is 5.33. The van der Waals surface area contributed by atoms with Crippen molar-refractivity contribution in [2.45, 2.75) is 69.7 Å². The van der Waals surface area contributed by atoms with Gasteiger partial charge in [0.2, 0.25) is 0 Å². The second kappa shape index (κ2) is 6.84. The van der Waals surface area contributed by atoms with Crippen LogP contribution < -0.4 is 4.90 Å². The highest BCUT2D eigenvalue weighted by molar-refractivity contribution is 9.10. The average molecular weight is 380 g/mol. The second-order valence-electron chi connectivity index (χ2n) is 7.24. The van der Waals surface area contributed by atoms with Gasteiger partial charge < -0.3 is 10.0 Å². The van der Waals surface area contributed by atoms with E-state index in [2.05, 4.69) is 46.0 Å². The molecule has 0 aromatic heterocycles. The lowest BCUT2D eigenvalue weighted by molar-refractivity contribution is -0.137. The maximum absolute atomic E-state index is 10.9. The molecular formula is C19H26BrNO2. The molecule has 1 N–H and O–H groups in total. The van der Waals surface area contributed by atoms with Gasteiger partial charge in [0.25, 0.3) is 0 Å². The van der Waals surface area contributed by atoms with Crippen LogP contribution in [-0.2, 0) is 4.79 Å². The van der Waals surface area contributed by atoms with E-state index in [0.29, 0.717) is 5.92 Å². The van der Waals surface area contributed by atoms with E-state index in [1.54, 1.807) is 0 Å². The van der Waals surface area contributed by atoms with Crippen molar-refractivity contribution in [2.75, 3.05) is 11.4 Å². The molecule has 3 rings (SSSR count). The number of halogens is 1. The lowest BCUT2D eigenvalue weighted by atomic mass is 9.70. The monoisotopic (exact) mass is 379 g/mol. The van der Waals surface area contributed by atoms with Crippen LogP contribution in [0.3, 0.4) is 0 Å². The largest absolute Gasteiger partial charge is 0.481 e. The van der Waals surface area contributed by atoms with Crippen molar-refractivity contribution in [3.05, 3.63) is 28.2 Å². The number of nitrogens with zero attached hydrogens (tertiary/aromatic N) is 1. The fourth-order valence-corrected chi connectivity index (χ4v) is 5.02. The number of benzene rings is 1. The van der Waals surface area contributed by atoms with Crippen LogP contribution in [0, 0.1) is 0 Å². The Morgan fingerprint density at radius 2 is 2.09 bits per heavy atom. The summed E-state index contributed by atoms with van der Waals surface area (Å²) in [6.45, 7) is 3.20. The molecule has 1 atom stereocenters.